The average molecular weight is 411 g/mol. The van der Waals surface area contributed by atoms with E-state index in [9.17, 15) is 16.8 Å². The van der Waals surface area contributed by atoms with Crippen LogP contribution in [0, 0.1) is 0 Å². The summed E-state index contributed by atoms with van der Waals surface area (Å²) in [4.78, 5) is 1.48. The van der Waals surface area contributed by atoms with E-state index in [4.69, 9.17) is 0 Å². The zero-order valence-corrected chi connectivity index (χ0v) is 16.8. The van der Waals surface area contributed by atoms with Gasteiger partial charge < -0.3 is 4.90 Å². The summed E-state index contributed by atoms with van der Waals surface area (Å²) in [7, 11) is -5.08. The maximum atomic E-state index is 12.7. The number of hydrogen-bond donors (Lipinski definition) is 2. The highest BCUT2D eigenvalue weighted by atomic mass is 32.2. The van der Waals surface area contributed by atoms with Crippen LogP contribution in [0.25, 0.3) is 0 Å². The Morgan fingerprint density at radius 3 is 2.11 bits per heavy atom. The van der Waals surface area contributed by atoms with Crippen LogP contribution in [-0.4, -0.2) is 54.4 Å². The minimum Gasteiger partial charge on any atom is -0.335 e. The van der Waals surface area contributed by atoms with Gasteiger partial charge in [-0.15, -0.1) is 0 Å². The molecule has 146 valence electrons. The molecule has 7 nitrogen and oxygen atoms in total. The zero-order chi connectivity index (χ0) is 19.5. The van der Waals surface area contributed by atoms with Crippen LogP contribution in [0.2, 0.25) is 0 Å². The molecule has 2 N–H and O–H groups in total. The predicted molar refractivity (Wildman–Crippen MR) is 105 cm³/mol. The molecule has 0 spiro atoms. The van der Waals surface area contributed by atoms with Gasteiger partial charge in [-0.25, -0.2) is 16.8 Å². The zero-order valence-electron chi connectivity index (χ0n) is 15.1. The molecule has 2 aromatic carbocycles. The van der Waals surface area contributed by atoms with E-state index in [1.54, 1.807) is 24.3 Å². The minimum absolute atomic E-state index is 0.141. The summed E-state index contributed by atoms with van der Waals surface area (Å²) in [5.74, 6) is -0.141. The minimum atomic E-state index is -3.58. The van der Waals surface area contributed by atoms with Gasteiger partial charge in [-0.05, 0) is 29.8 Å². The Labute approximate surface area is 160 Å². The largest absolute Gasteiger partial charge is 0.335 e. The van der Waals surface area contributed by atoms with Crippen LogP contribution >= 0.6 is 0 Å². The highest BCUT2D eigenvalue weighted by molar-refractivity contribution is 7.92. The van der Waals surface area contributed by atoms with Crippen LogP contribution < -0.4 is 9.62 Å². The van der Waals surface area contributed by atoms with Gasteiger partial charge in [0.05, 0.1) is 43.9 Å². The third kappa shape index (κ3) is 5.07. The lowest BCUT2D eigenvalue weighted by Crippen LogP contribution is -3.12. The van der Waals surface area contributed by atoms with Crippen molar-refractivity contribution in [1.29, 1.82) is 0 Å². The molecule has 0 aliphatic carbocycles. The summed E-state index contributed by atoms with van der Waals surface area (Å²) in [6.07, 6.45) is 0. The third-order valence-corrected chi connectivity index (χ3v) is 7.71. The van der Waals surface area contributed by atoms with Gasteiger partial charge in [0, 0.05) is 5.69 Å². The monoisotopic (exact) mass is 410 g/mol. The van der Waals surface area contributed by atoms with Crippen LogP contribution in [0.3, 0.4) is 0 Å². The second-order valence-corrected chi connectivity index (χ2v) is 10.4. The number of nitrogens with zero attached hydrogens (tertiary/aromatic N) is 1. The molecule has 1 saturated heterocycles. The van der Waals surface area contributed by atoms with Crippen molar-refractivity contribution >= 4 is 25.7 Å². The van der Waals surface area contributed by atoms with Crippen LogP contribution in [0.5, 0.6) is 0 Å². The number of likely N-dealkylation sites (N-methyl/N-ethyl adjacent to an activating group) is 1. The van der Waals surface area contributed by atoms with E-state index in [2.05, 4.69) is 4.72 Å². The molecule has 0 bridgehead atoms. The van der Waals surface area contributed by atoms with Crippen LogP contribution in [-0.2, 0) is 25.8 Å². The maximum Gasteiger partial charge on any atom is 0.243 e. The lowest BCUT2D eigenvalue weighted by atomic mass is 10.2. The van der Waals surface area contributed by atoms with Crippen molar-refractivity contribution in [1.82, 2.24) is 4.31 Å². The first-order valence-corrected chi connectivity index (χ1v) is 11.8. The molecule has 3 rings (SSSR count). The van der Waals surface area contributed by atoms with E-state index in [0.717, 1.165) is 13.1 Å². The van der Waals surface area contributed by atoms with Crippen molar-refractivity contribution in [2.75, 3.05) is 37.9 Å². The summed E-state index contributed by atoms with van der Waals surface area (Å²) >= 11 is 0. The number of anilines is 1. The Balaban J connectivity index is 1.70. The molecule has 0 aromatic heterocycles. The molecule has 1 fully saturated rings. The molecule has 0 unspecified atom stereocenters. The van der Waals surface area contributed by atoms with Gasteiger partial charge in [0.1, 0.15) is 0 Å². The lowest BCUT2D eigenvalue weighted by Gasteiger charge is -2.29. The topological polar surface area (TPSA) is 88.0 Å². The Kier molecular flexibility index (Phi) is 5.85. The lowest BCUT2D eigenvalue weighted by molar-refractivity contribution is -0.883. The second kappa shape index (κ2) is 7.97. The average Bonchev–Trinajstić information content (AvgIpc) is 2.62. The fraction of sp³-hybridized carbons (Fsp3) is 0.333. The van der Waals surface area contributed by atoms with Gasteiger partial charge in [0.15, 0.2) is 0 Å². The standard InChI is InChI=1S/C18H23N3O4S2/c1-20-11-13-21(14-12-20)27(24,25)18-9-7-17(8-10-18)19-26(22,23)15-16-5-3-2-4-6-16/h2-10,19H,11-15H2,1H3/p+1. The van der Waals surface area contributed by atoms with E-state index < -0.39 is 20.0 Å². The van der Waals surface area contributed by atoms with Crippen molar-refractivity contribution < 1.29 is 21.7 Å². The van der Waals surface area contributed by atoms with Gasteiger partial charge in [0.25, 0.3) is 0 Å². The molecule has 2 aromatic rings. The normalized spacial score (nSPS) is 16.9. The number of hydrogen-bond acceptors (Lipinski definition) is 4. The van der Waals surface area contributed by atoms with Crippen molar-refractivity contribution in [3.05, 3.63) is 60.2 Å². The Morgan fingerprint density at radius 1 is 0.926 bits per heavy atom. The van der Waals surface area contributed by atoms with Crippen molar-refractivity contribution in [3.63, 3.8) is 0 Å². The summed E-state index contributed by atoms with van der Waals surface area (Å²) in [5.41, 5.74) is 1.02. The molecule has 1 aliphatic heterocycles. The molecular weight excluding hydrogens is 386 g/mol. The van der Waals surface area contributed by atoms with E-state index in [1.165, 1.54) is 33.5 Å². The van der Waals surface area contributed by atoms with Crippen LogP contribution in [0.15, 0.2) is 59.5 Å². The first-order valence-electron chi connectivity index (χ1n) is 8.72. The molecular formula is C18H24N3O4S2+. The molecule has 0 atom stereocenters. The van der Waals surface area contributed by atoms with Gasteiger partial charge in [-0.2, -0.15) is 4.31 Å². The summed E-state index contributed by atoms with van der Waals surface area (Å²) in [5, 5.41) is 0. The molecule has 0 saturated carbocycles. The summed E-state index contributed by atoms with van der Waals surface area (Å²) in [6, 6.07) is 14.7. The van der Waals surface area contributed by atoms with E-state index in [1.807, 2.05) is 13.1 Å². The smallest absolute Gasteiger partial charge is 0.243 e. The van der Waals surface area contributed by atoms with E-state index >= 15 is 0 Å². The summed E-state index contributed by atoms with van der Waals surface area (Å²) < 4.78 is 54.0. The number of quaternary nitrogens is 1. The van der Waals surface area contributed by atoms with Crippen molar-refractivity contribution in [2.45, 2.75) is 10.6 Å². The Morgan fingerprint density at radius 2 is 1.52 bits per heavy atom. The first kappa shape index (κ1) is 19.8. The van der Waals surface area contributed by atoms with Crippen LogP contribution in [0.4, 0.5) is 5.69 Å². The molecule has 0 amide bonds. The maximum absolute atomic E-state index is 12.7. The Hall–Kier alpha value is -1.94. The second-order valence-electron chi connectivity index (χ2n) is 6.73. The number of nitrogens with one attached hydrogen (secondary N) is 2. The number of piperazine rings is 1. The Bertz CT molecular complexity index is 967. The number of rotatable bonds is 6. The fourth-order valence-electron chi connectivity index (χ4n) is 2.96. The van der Waals surface area contributed by atoms with Crippen LogP contribution in [0.1, 0.15) is 5.56 Å². The SMILES string of the molecule is C[NH+]1CCN(S(=O)(=O)c2ccc(NS(=O)(=O)Cc3ccccc3)cc2)CC1. The third-order valence-electron chi connectivity index (χ3n) is 4.54. The quantitative estimate of drug-likeness (QED) is 0.710. The highest BCUT2D eigenvalue weighted by Crippen LogP contribution is 2.20. The molecule has 1 heterocycles. The van der Waals surface area contributed by atoms with Gasteiger partial charge >= 0.3 is 0 Å². The van der Waals surface area contributed by atoms with E-state index in [-0.39, 0.29) is 10.6 Å². The molecule has 9 heteroatoms. The van der Waals surface area contributed by atoms with Gasteiger partial charge in [0.2, 0.25) is 20.0 Å². The van der Waals surface area contributed by atoms with E-state index in [0.29, 0.717) is 24.3 Å². The van der Waals surface area contributed by atoms with Gasteiger partial charge in [-0.3, -0.25) is 4.72 Å². The van der Waals surface area contributed by atoms with Gasteiger partial charge in [-0.1, -0.05) is 30.3 Å². The molecule has 0 radical (unpaired) electrons. The van der Waals surface area contributed by atoms with Crippen molar-refractivity contribution in [2.24, 2.45) is 0 Å². The fourth-order valence-corrected chi connectivity index (χ4v) is 5.60. The first-order chi connectivity index (χ1) is 12.8. The number of sulfonamides is 2. The van der Waals surface area contributed by atoms with Crippen molar-refractivity contribution in [3.8, 4) is 0 Å². The summed E-state index contributed by atoms with van der Waals surface area (Å²) in [6.45, 7) is 2.52. The highest BCUT2D eigenvalue weighted by Gasteiger charge is 2.29. The predicted octanol–water partition coefficient (Wildman–Crippen LogP) is 0.148. The molecule has 1 aliphatic rings. The molecule has 27 heavy (non-hydrogen) atoms. The number of benzene rings is 2.